The Balaban J connectivity index is 2.11. The Morgan fingerprint density at radius 1 is 0.889 bits per heavy atom. The largest absolute Gasteiger partial charge is 0.205 e. The van der Waals surface area contributed by atoms with Gasteiger partial charge in [0.25, 0.3) is 0 Å². The molecule has 1 nitrogen and oxygen atoms in total. The van der Waals surface area contributed by atoms with Crippen LogP contribution in [-0.4, -0.2) is 5.16 Å². The molecule has 0 aliphatic rings. The molecule has 0 aromatic heterocycles. The Morgan fingerprint density at radius 3 is 2.22 bits per heavy atom. The summed E-state index contributed by atoms with van der Waals surface area (Å²) in [7, 11) is 0. The van der Waals surface area contributed by atoms with Crippen molar-refractivity contribution in [2.45, 2.75) is 39.0 Å². The highest BCUT2D eigenvalue weighted by molar-refractivity contribution is 7.78. The van der Waals surface area contributed by atoms with Gasteiger partial charge in [0.15, 0.2) is 0 Å². The van der Waals surface area contributed by atoms with Gasteiger partial charge in [-0.25, -0.2) is 8.78 Å². The number of rotatable bonds is 5. The van der Waals surface area contributed by atoms with Crippen molar-refractivity contribution < 1.29 is 8.78 Å². The van der Waals surface area contributed by atoms with Gasteiger partial charge in [0, 0.05) is 11.1 Å². The van der Waals surface area contributed by atoms with E-state index in [-0.39, 0.29) is 11.1 Å². The second-order valence-corrected chi connectivity index (χ2v) is 6.19. The van der Waals surface area contributed by atoms with Crippen molar-refractivity contribution in [1.29, 1.82) is 0 Å². The SMILES string of the molecule is CCCCCCc1ccc(C#Cc2c(F)cc(C#CN=C=S)cc2F)cc1. The number of aliphatic imine (C=N–C) groups is 1. The van der Waals surface area contributed by atoms with Gasteiger partial charge in [0.1, 0.15) is 11.6 Å². The maximum atomic E-state index is 14.1. The Labute approximate surface area is 164 Å². The predicted molar refractivity (Wildman–Crippen MR) is 109 cm³/mol. The van der Waals surface area contributed by atoms with Gasteiger partial charge in [-0.3, -0.25) is 0 Å². The number of thiocarbonyl (C=S) groups is 1. The van der Waals surface area contributed by atoms with Crippen LogP contribution in [0, 0.1) is 35.4 Å². The Bertz CT molecular complexity index is 927. The highest BCUT2D eigenvalue weighted by Gasteiger charge is 2.08. The molecule has 0 radical (unpaired) electrons. The van der Waals surface area contributed by atoms with Gasteiger partial charge >= 0.3 is 0 Å². The fourth-order valence-electron chi connectivity index (χ4n) is 2.53. The lowest BCUT2D eigenvalue weighted by molar-refractivity contribution is 0.577. The maximum absolute atomic E-state index is 14.1. The molecule has 0 atom stereocenters. The molecular formula is C23H19F2NS. The second kappa shape index (κ2) is 11.0. The van der Waals surface area contributed by atoms with E-state index in [2.05, 4.69) is 53.1 Å². The fourth-order valence-corrected chi connectivity index (χ4v) is 2.57. The van der Waals surface area contributed by atoms with Gasteiger partial charge < -0.3 is 0 Å². The fraction of sp³-hybridized carbons (Fsp3) is 0.261. The first-order chi connectivity index (χ1) is 13.1. The van der Waals surface area contributed by atoms with Crippen LogP contribution < -0.4 is 0 Å². The molecule has 0 aliphatic carbocycles. The van der Waals surface area contributed by atoms with E-state index in [0.29, 0.717) is 5.56 Å². The summed E-state index contributed by atoms with van der Waals surface area (Å²) in [5.74, 6) is 6.35. The van der Waals surface area contributed by atoms with E-state index in [1.807, 2.05) is 24.3 Å². The van der Waals surface area contributed by atoms with Gasteiger partial charge in [-0.15, -0.1) is 4.99 Å². The lowest BCUT2D eigenvalue weighted by Crippen LogP contribution is -1.92. The lowest BCUT2D eigenvalue weighted by atomic mass is 10.0. The third-order valence-corrected chi connectivity index (χ3v) is 4.04. The number of hydrogen-bond donors (Lipinski definition) is 0. The quantitative estimate of drug-likeness (QED) is 0.273. The molecule has 0 amide bonds. The van der Waals surface area contributed by atoms with Crippen LogP contribution in [0.3, 0.4) is 0 Å². The topological polar surface area (TPSA) is 12.4 Å². The molecule has 0 fully saturated rings. The second-order valence-electron chi connectivity index (χ2n) is 6.01. The summed E-state index contributed by atoms with van der Waals surface area (Å²) in [5.41, 5.74) is 1.85. The standard InChI is InChI=1S/C23H19F2NS/c1-2-3-4-5-6-18-7-9-19(10-8-18)11-12-21-22(24)15-20(16-23(21)25)13-14-26-17-27/h7-10,15-16H,2-6H2,1H3. The number of benzene rings is 2. The minimum atomic E-state index is -0.759. The van der Waals surface area contributed by atoms with Crippen molar-refractivity contribution in [2.75, 3.05) is 0 Å². The van der Waals surface area contributed by atoms with Crippen LogP contribution >= 0.6 is 12.2 Å². The van der Waals surface area contributed by atoms with Crippen molar-refractivity contribution >= 4 is 17.4 Å². The molecule has 27 heavy (non-hydrogen) atoms. The number of nitrogens with zero attached hydrogens (tertiary/aromatic N) is 1. The first-order valence-electron chi connectivity index (χ1n) is 8.82. The molecule has 136 valence electrons. The lowest BCUT2D eigenvalue weighted by Gasteiger charge is -2.01. The molecule has 0 bridgehead atoms. The number of hydrogen-bond acceptors (Lipinski definition) is 2. The van der Waals surface area contributed by atoms with Gasteiger partial charge in [-0.05, 0) is 60.8 Å². The van der Waals surface area contributed by atoms with Crippen molar-refractivity contribution in [3.8, 4) is 23.8 Å². The molecule has 4 heteroatoms. The number of unbranched alkanes of at least 4 members (excludes halogenated alkanes) is 3. The Morgan fingerprint density at radius 2 is 1.59 bits per heavy atom. The van der Waals surface area contributed by atoms with E-state index >= 15 is 0 Å². The zero-order chi connectivity index (χ0) is 19.5. The number of aryl methyl sites for hydroxylation is 1. The molecule has 0 aliphatic heterocycles. The highest BCUT2D eigenvalue weighted by atomic mass is 32.1. The summed E-state index contributed by atoms with van der Waals surface area (Å²) in [4.78, 5) is 3.39. The molecule has 0 saturated heterocycles. The summed E-state index contributed by atoms with van der Waals surface area (Å²) in [6, 6.07) is 12.3. The molecular weight excluding hydrogens is 360 g/mol. The summed E-state index contributed by atoms with van der Waals surface area (Å²) in [6.45, 7) is 2.19. The van der Waals surface area contributed by atoms with Crippen LogP contribution in [0.4, 0.5) is 8.78 Å². The maximum Gasteiger partial charge on any atom is 0.143 e. The van der Waals surface area contributed by atoms with Crippen LogP contribution in [-0.2, 0) is 6.42 Å². The minimum absolute atomic E-state index is 0.164. The van der Waals surface area contributed by atoms with E-state index in [0.717, 1.165) is 18.6 Å². The van der Waals surface area contributed by atoms with E-state index in [1.165, 1.54) is 31.2 Å². The minimum Gasteiger partial charge on any atom is -0.205 e. The third kappa shape index (κ3) is 6.80. The van der Waals surface area contributed by atoms with Crippen LogP contribution in [0.2, 0.25) is 0 Å². The Hall–Kier alpha value is -2.78. The van der Waals surface area contributed by atoms with Crippen LogP contribution in [0.15, 0.2) is 41.4 Å². The van der Waals surface area contributed by atoms with E-state index in [4.69, 9.17) is 0 Å². The van der Waals surface area contributed by atoms with Crippen molar-refractivity contribution in [2.24, 2.45) is 4.99 Å². The van der Waals surface area contributed by atoms with Gasteiger partial charge in [-0.1, -0.05) is 50.2 Å². The van der Waals surface area contributed by atoms with Crippen LogP contribution in [0.25, 0.3) is 0 Å². The average Bonchev–Trinajstić information content (AvgIpc) is 2.66. The normalized spacial score (nSPS) is 9.44. The Kier molecular flexibility index (Phi) is 8.40. The summed E-state index contributed by atoms with van der Waals surface area (Å²) in [6.07, 6.45) is 5.91. The number of isothiocyanates is 1. The van der Waals surface area contributed by atoms with Gasteiger partial charge in [-0.2, -0.15) is 0 Å². The molecule has 2 rings (SSSR count). The van der Waals surface area contributed by atoms with Crippen LogP contribution in [0.1, 0.15) is 54.9 Å². The average molecular weight is 379 g/mol. The first kappa shape index (κ1) is 20.5. The third-order valence-electron chi connectivity index (χ3n) is 3.95. The van der Waals surface area contributed by atoms with Crippen molar-refractivity contribution in [1.82, 2.24) is 0 Å². The smallest absolute Gasteiger partial charge is 0.143 e. The monoisotopic (exact) mass is 379 g/mol. The van der Waals surface area contributed by atoms with Gasteiger partial charge in [0.05, 0.1) is 16.8 Å². The van der Waals surface area contributed by atoms with Gasteiger partial charge in [0.2, 0.25) is 0 Å². The highest BCUT2D eigenvalue weighted by Crippen LogP contribution is 2.15. The summed E-state index contributed by atoms with van der Waals surface area (Å²) < 4.78 is 28.2. The first-order valence-corrected chi connectivity index (χ1v) is 9.22. The molecule has 2 aromatic rings. The van der Waals surface area contributed by atoms with Crippen molar-refractivity contribution in [3.63, 3.8) is 0 Å². The number of halogens is 2. The molecule has 2 aromatic carbocycles. The summed E-state index contributed by atoms with van der Waals surface area (Å²) in [5, 5.41) is 2.06. The predicted octanol–water partition coefficient (Wildman–Crippen LogP) is 5.90. The van der Waals surface area contributed by atoms with E-state index < -0.39 is 11.6 Å². The van der Waals surface area contributed by atoms with Crippen molar-refractivity contribution in [3.05, 3.63) is 70.3 Å². The molecule has 0 heterocycles. The van der Waals surface area contributed by atoms with E-state index in [9.17, 15) is 8.78 Å². The zero-order valence-electron chi connectivity index (χ0n) is 15.1. The summed E-state index contributed by atoms with van der Waals surface area (Å²) >= 11 is 4.37. The van der Waals surface area contributed by atoms with Crippen LogP contribution in [0.5, 0.6) is 0 Å². The zero-order valence-corrected chi connectivity index (χ0v) is 15.9. The van der Waals surface area contributed by atoms with E-state index in [1.54, 1.807) is 0 Å². The molecule has 0 saturated carbocycles. The molecule has 0 unspecified atom stereocenters. The molecule has 0 spiro atoms. The molecule has 0 N–H and O–H groups in total.